The van der Waals surface area contributed by atoms with Gasteiger partial charge in [-0.25, -0.2) is 4.98 Å². The van der Waals surface area contributed by atoms with Crippen molar-refractivity contribution in [2.75, 3.05) is 18.0 Å². The summed E-state index contributed by atoms with van der Waals surface area (Å²) in [6.45, 7) is 8.89. The van der Waals surface area contributed by atoms with Gasteiger partial charge in [0.15, 0.2) is 0 Å². The first-order valence-corrected chi connectivity index (χ1v) is 6.42. The summed E-state index contributed by atoms with van der Waals surface area (Å²) in [5, 5.41) is 0. The Morgan fingerprint density at radius 1 is 1.31 bits per heavy atom. The summed E-state index contributed by atoms with van der Waals surface area (Å²) in [5.41, 5.74) is 2.19. The molecule has 1 aromatic heterocycles. The number of aromatic nitrogens is 1. The van der Waals surface area contributed by atoms with Crippen molar-refractivity contribution in [1.29, 1.82) is 0 Å². The monoisotopic (exact) mass is 238 g/mol. The SMILES string of the molecule is Cc1nc(N2CC(C)C(C)C2)ccc1CCl. The third kappa shape index (κ3) is 2.17. The lowest BCUT2D eigenvalue weighted by Gasteiger charge is -2.18. The van der Waals surface area contributed by atoms with Crippen LogP contribution >= 0.6 is 11.6 Å². The highest BCUT2D eigenvalue weighted by atomic mass is 35.5. The van der Waals surface area contributed by atoms with E-state index in [4.69, 9.17) is 11.6 Å². The van der Waals surface area contributed by atoms with Crippen LogP contribution in [0.3, 0.4) is 0 Å². The molecular weight excluding hydrogens is 220 g/mol. The van der Waals surface area contributed by atoms with Crippen molar-refractivity contribution in [2.24, 2.45) is 11.8 Å². The molecule has 2 atom stereocenters. The maximum absolute atomic E-state index is 5.84. The van der Waals surface area contributed by atoms with Crippen LogP contribution < -0.4 is 4.90 Å². The molecule has 0 aliphatic carbocycles. The molecule has 0 saturated carbocycles. The molecule has 1 aromatic rings. The van der Waals surface area contributed by atoms with E-state index < -0.39 is 0 Å². The zero-order valence-corrected chi connectivity index (χ0v) is 11.0. The minimum Gasteiger partial charge on any atom is -0.356 e. The van der Waals surface area contributed by atoms with Crippen LogP contribution in [0.2, 0.25) is 0 Å². The highest BCUT2D eigenvalue weighted by Gasteiger charge is 2.26. The Kier molecular flexibility index (Phi) is 3.38. The summed E-state index contributed by atoms with van der Waals surface area (Å²) in [6.07, 6.45) is 0. The summed E-state index contributed by atoms with van der Waals surface area (Å²) in [4.78, 5) is 7.01. The second-order valence-corrected chi connectivity index (χ2v) is 5.17. The van der Waals surface area contributed by atoms with Crippen molar-refractivity contribution >= 4 is 17.4 Å². The fraction of sp³-hybridized carbons (Fsp3) is 0.615. The number of halogens is 1. The molecule has 1 aliphatic heterocycles. The van der Waals surface area contributed by atoms with Crippen LogP contribution in [-0.2, 0) is 5.88 Å². The standard InChI is InChI=1S/C13H19ClN2/c1-9-7-16(8-10(9)2)13-5-4-12(6-14)11(3)15-13/h4-5,9-10H,6-8H2,1-3H3. The van der Waals surface area contributed by atoms with E-state index in [0.717, 1.165) is 42.0 Å². The van der Waals surface area contributed by atoms with Gasteiger partial charge in [-0.15, -0.1) is 11.6 Å². The molecular formula is C13H19ClN2. The first kappa shape index (κ1) is 11.7. The molecule has 16 heavy (non-hydrogen) atoms. The summed E-state index contributed by atoms with van der Waals surface area (Å²) in [7, 11) is 0. The van der Waals surface area contributed by atoms with E-state index in [9.17, 15) is 0 Å². The zero-order chi connectivity index (χ0) is 11.7. The topological polar surface area (TPSA) is 16.1 Å². The molecule has 2 rings (SSSR count). The third-order valence-electron chi connectivity index (χ3n) is 3.64. The summed E-state index contributed by atoms with van der Waals surface area (Å²) < 4.78 is 0. The van der Waals surface area contributed by atoms with Gasteiger partial charge in [-0.1, -0.05) is 19.9 Å². The predicted molar refractivity (Wildman–Crippen MR) is 69.1 cm³/mol. The number of nitrogens with zero attached hydrogens (tertiary/aromatic N) is 2. The van der Waals surface area contributed by atoms with Gasteiger partial charge in [-0.2, -0.15) is 0 Å². The molecule has 0 radical (unpaired) electrons. The highest BCUT2D eigenvalue weighted by Crippen LogP contribution is 2.27. The van der Waals surface area contributed by atoms with E-state index in [0.29, 0.717) is 5.88 Å². The van der Waals surface area contributed by atoms with Gasteiger partial charge in [-0.05, 0) is 30.4 Å². The fourth-order valence-electron chi connectivity index (χ4n) is 2.21. The average molecular weight is 239 g/mol. The van der Waals surface area contributed by atoms with Gasteiger partial charge in [0, 0.05) is 24.7 Å². The van der Waals surface area contributed by atoms with Crippen LogP contribution in [-0.4, -0.2) is 18.1 Å². The Morgan fingerprint density at radius 3 is 2.44 bits per heavy atom. The molecule has 2 nitrogen and oxygen atoms in total. The Labute approximate surface area is 103 Å². The van der Waals surface area contributed by atoms with E-state index in [1.807, 2.05) is 6.92 Å². The number of pyridine rings is 1. The van der Waals surface area contributed by atoms with Gasteiger partial charge in [-0.3, -0.25) is 0 Å². The van der Waals surface area contributed by atoms with Crippen LogP contribution in [0.5, 0.6) is 0 Å². The van der Waals surface area contributed by atoms with E-state index in [2.05, 4.69) is 35.9 Å². The fourth-order valence-corrected chi connectivity index (χ4v) is 2.49. The number of aryl methyl sites for hydroxylation is 1. The van der Waals surface area contributed by atoms with Crippen molar-refractivity contribution in [3.05, 3.63) is 23.4 Å². The van der Waals surface area contributed by atoms with E-state index in [-0.39, 0.29) is 0 Å². The smallest absolute Gasteiger partial charge is 0.128 e. The minimum absolute atomic E-state index is 0.548. The third-order valence-corrected chi connectivity index (χ3v) is 3.92. The number of anilines is 1. The van der Waals surface area contributed by atoms with Gasteiger partial charge in [0.1, 0.15) is 5.82 Å². The number of rotatable bonds is 2. The molecule has 0 spiro atoms. The van der Waals surface area contributed by atoms with Crippen molar-refractivity contribution in [1.82, 2.24) is 4.98 Å². The lowest BCUT2D eigenvalue weighted by molar-refractivity contribution is 0.494. The molecule has 2 unspecified atom stereocenters. The summed E-state index contributed by atoms with van der Waals surface area (Å²) in [6, 6.07) is 4.19. The second kappa shape index (κ2) is 4.62. The van der Waals surface area contributed by atoms with Gasteiger partial charge in [0.2, 0.25) is 0 Å². The Bertz CT molecular complexity index is 368. The Balaban J connectivity index is 2.19. The Morgan fingerprint density at radius 2 is 1.94 bits per heavy atom. The van der Waals surface area contributed by atoms with Gasteiger partial charge in [0.25, 0.3) is 0 Å². The molecule has 88 valence electrons. The average Bonchev–Trinajstić information content (AvgIpc) is 2.59. The second-order valence-electron chi connectivity index (χ2n) is 4.91. The van der Waals surface area contributed by atoms with Crippen molar-refractivity contribution in [2.45, 2.75) is 26.7 Å². The first-order valence-electron chi connectivity index (χ1n) is 5.89. The lowest BCUT2D eigenvalue weighted by atomic mass is 10.0. The molecule has 0 N–H and O–H groups in total. The molecule has 1 aliphatic rings. The van der Waals surface area contributed by atoms with E-state index in [1.165, 1.54) is 0 Å². The quantitative estimate of drug-likeness (QED) is 0.736. The highest BCUT2D eigenvalue weighted by molar-refractivity contribution is 6.17. The minimum atomic E-state index is 0.548. The first-order chi connectivity index (χ1) is 7.61. The van der Waals surface area contributed by atoms with E-state index in [1.54, 1.807) is 0 Å². The van der Waals surface area contributed by atoms with Crippen LogP contribution in [0.4, 0.5) is 5.82 Å². The molecule has 1 saturated heterocycles. The number of hydrogen-bond acceptors (Lipinski definition) is 2. The molecule has 0 aromatic carbocycles. The normalized spacial score (nSPS) is 25.1. The largest absolute Gasteiger partial charge is 0.356 e. The maximum atomic E-state index is 5.84. The molecule has 3 heteroatoms. The number of hydrogen-bond donors (Lipinski definition) is 0. The summed E-state index contributed by atoms with van der Waals surface area (Å²) >= 11 is 5.84. The van der Waals surface area contributed by atoms with Crippen LogP contribution in [0, 0.1) is 18.8 Å². The van der Waals surface area contributed by atoms with Crippen LogP contribution in [0.15, 0.2) is 12.1 Å². The van der Waals surface area contributed by atoms with E-state index >= 15 is 0 Å². The van der Waals surface area contributed by atoms with Crippen LogP contribution in [0.25, 0.3) is 0 Å². The zero-order valence-electron chi connectivity index (χ0n) is 10.2. The van der Waals surface area contributed by atoms with Crippen molar-refractivity contribution in [3.63, 3.8) is 0 Å². The maximum Gasteiger partial charge on any atom is 0.128 e. The Hall–Kier alpha value is -0.760. The summed E-state index contributed by atoms with van der Waals surface area (Å²) in [5.74, 6) is 3.17. The molecule has 1 fully saturated rings. The van der Waals surface area contributed by atoms with Crippen LogP contribution in [0.1, 0.15) is 25.1 Å². The molecule has 0 bridgehead atoms. The number of alkyl halides is 1. The van der Waals surface area contributed by atoms with Gasteiger partial charge in [0.05, 0.1) is 0 Å². The van der Waals surface area contributed by atoms with Crippen molar-refractivity contribution in [3.8, 4) is 0 Å². The lowest BCUT2D eigenvalue weighted by Crippen LogP contribution is -2.21. The molecule has 2 heterocycles. The molecule has 0 amide bonds. The predicted octanol–water partition coefficient (Wildman–Crippen LogP) is 3.22. The van der Waals surface area contributed by atoms with Gasteiger partial charge < -0.3 is 4.90 Å². The van der Waals surface area contributed by atoms with Gasteiger partial charge >= 0.3 is 0 Å². The van der Waals surface area contributed by atoms with Crippen molar-refractivity contribution < 1.29 is 0 Å².